The van der Waals surface area contributed by atoms with Crippen molar-refractivity contribution >= 4 is 0 Å². The van der Waals surface area contributed by atoms with Crippen LogP contribution in [-0.4, -0.2) is 19.7 Å². The van der Waals surface area contributed by atoms with Gasteiger partial charge in [0.05, 0.1) is 6.61 Å². The number of benzene rings is 1. The van der Waals surface area contributed by atoms with Crippen LogP contribution >= 0.6 is 0 Å². The highest BCUT2D eigenvalue weighted by Gasteiger charge is 2.15. The Balaban J connectivity index is 2.05. The molecule has 2 rings (SSSR count). The molecule has 76 valence electrons. The average Bonchev–Trinajstić information content (AvgIpc) is 2.72. The number of rotatable bonds is 3. The summed E-state index contributed by atoms with van der Waals surface area (Å²) in [6, 6.07) is 8.50. The van der Waals surface area contributed by atoms with Crippen LogP contribution in [-0.2, 0) is 0 Å². The van der Waals surface area contributed by atoms with E-state index in [4.69, 9.17) is 4.74 Å². The Labute approximate surface area is 85.3 Å². The lowest BCUT2D eigenvalue weighted by Crippen LogP contribution is -2.07. The van der Waals surface area contributed by atoms with Crippen LogP contribution in [0, 0.1) is 0 Å². The molecule has 0 amide bonds. The summed E-state index contributed by atoms with van der Waals surface area (Å²) in [6.45, 7) is 5.02. The largest absolute Gasteiger partial charge is 0.494 e. The maximum Gasteiger partial charge on any atom is 0.119 e. The number of nitrogens with one attached hydrogen (secondary N) is 1. The third-order valence-electron chi connectivity index (χ3n) is 2.72. The summed E-state index contributed by atoms with van der Waals surface area (Å²) < 4.78 is 5.41. The molecule has 0 aliphatic carbocycles. The van der Waals surface area contributed by atoms with E-state index in [9.17, 15) is 0 Å². The molecule has 1 atom stereocenters. The van der Waals surface area contributed by atoms with Gasteiger partial charge in [-0.3, -0.25) is 0 Å². The van der Waals surface area contributed by atoms with Crippen LogP contribution in [0.2, 0.25) is 0 Å². The van der Waals surface area contributed by atoms with E-state index in [0.29, 0.717) is 5.92 Å². The Hall–Kier alpha value is -1.02. The minimum absolute atomic E-state index is 0.700. The van der Waals surface area contributed by atoms with E-state index in [1.807, 2.05) is 6.92 Å². The van der Waals surface area contributed by atoms with Gasteiger partial charge in [0.2, 0.25) is 0 Å². The zero-order chi connectivity index (χ0) is 9.80. The summed E-state index contributed by atoms with van der Waals surface area (Å²) in [5.41, 5.74) is 1.43. The van der Waals surface area contributed by atoms with Crippen LogP contribution in [0.3, 0.4) is 0 Å². The minimum atomic E-state index is 0.700. The highest BCUT2D eigenvalue weighted by molar-refractivity contribution is 5.30. The molecule has 1 aromatic rings. The Morgan fingerprint density at radius 2 is 2.14 bits per heavy atom. The maximum absolute atomic E-state index is 5.41. The van der Waals surface area contributed by atoms with Gasteiger partial charge in [0.25, 0.3) is 0 Å². The highest BCUT2D eigenvalue weighted by atomic mass is 16.5. The van der Waals surface area contributed by atoms with Gasteiger partial charge in [0.15, 0.2) is 0 Å². The van der Waals surface area contributed by atoms with Crippen molar-refractivity contribution in [1.82, 2.24) is 5.32 Å². The van der Waals surface area contributed by atoms with Gasteiger partial charge in [-0.25, -0.2) is 0 Å². The first-order chi connectivity index (χ1) is 6.90. The van der Waals surface area contributed by atoms with E-state index in [0.717, 1.165) is 25.4 Å². The summed E-state index contributed by atoms with van der Waals surface area (Å²) >= 11 is 0. The highest BCUT2D eigenvalue weighted by Crippen LogP contribution is 2.24. The molecule has 1 heterocycles. The van der Waals surface area contributed by atoms with E-state index >= 15 is 0 Å². The Morgan fingerprint density at radius 3 is 2.71 bits per heavy atom. The summed E-state index contributed by atoms with van der Waals surface area (Å²) in [4.78, 5) is 0. The lowest BCUT2D eigenvalue weighted by molar-refractivity contribution is 0.340. The molecule has 1 aliphatic heterocycles. The van der Waals surface area contributed by atoms with Gasteiger partial charge in [0, 0.05) is 6.54 Å². The smallest absolute Gasteiger partial charge is 0.119 e. The second kappa shape index (κ2) is 4.47. The molecule has 1 aliphatic rings. The minimum Gasteiger partial charge on any atom is -0.494 e. The van der Waals surface area contributed by atoms with Crippen molar-refractivity contribution in [3.8, 4) is 5.75 Å². The summed E-state index contributed by atoms with van der Waals surface area (Å²) in [5.74, 6) is 1.67. The Bertz CT molecular complexity index is 275. The molecule has 1 unspecified atom stereocenters. The van der Waals surface area contributed by atoms with Crippen LogP contribution in [0.5, 0.6) is 5.75 Å². The van der Waals surface area contributed by atoms with Gasteiger partial charge in [0.1, 0.15) is 5.75 Å². The summed E-state index contributed by atoms with van der Waals surface area (Å²) in [5, 5.41) is 3.38. The van der Waals surface area contributed by atoms with Crippen molar-refractivity contribution in [2.75, 3.05) is 19.7 Å². The van der Waals surface area contributed by atoms with Crippen molar-refractivity contribution in [1.29, 1.82) is 0 Å². The first-order valence-electron chi connectivity index (χ1n) is 5.33. The van der Waals surface area contributed by atoms with E-state index in [1.54, 1.807) is 0 Å². The van der Waals surface area contributed by atoms with E-state index < -0.39 is 0 Å². The molecule has 1 N–H and O–H groups in total. The quantitative estimate of drug-likeness (QED) is 0.790. The normalized spacial score (nSPS) is 21.1. The molecule has 1 fully saturated rings. The van der Waals surface area contributed by atoms with Crippen molar-refractivity contribution in [3.63, 3.8) is 0 Å². The fourth-order valence-electron chi connectivity index (χ4n) is 1.94. The van der Waals surface area contributed by atoms with Gasteiger partial charge in [-0.2, -0.15) is 0 Å². The molecular formula is C12H17NO. The predicted octanol–water partition coefficient (Wildman–Crippen LogP) is 2.16. The number of hydrogen-bond donors (Lipinski definition) is 1. The van der Waals surface area contributed by atoms with Gasteiger partial charge in [-0.05, 0) is 43.5 Å². The molecule has 2 heteroatoms. The van der Waals surface area contributed by atoms with Crippen LogP contribution in [0.1, 0.15) is 24.8 Å². The van der Waals surface area contributed by atoms with Gasteiger partial charge in [-0.15, -0.1) is 0 Å². The SMILES string of the molecule is CCOc1ccc(C2CCNC2)cc1. The number of hydrogen-bond acceptors (Lipinski definition) is 2. The predicted molar refractivity (Wildman–Crippen MR) is 57.8 cm³/mol. The molecule has 1 aromatic carbocycles. The van der Waals surface area contributed by atoms with E-state index in [1.165, 1.54) is 12.0 Å². The topological polar surface area (TPSA) is 21.3 Å². The molecule has 14 heavy (non-hydrogen) atoms. The van der Waals surface area contributed by atoms with Gasteiger partial charge in [-0.1, -0.05) is 12.1 Å². The van der Waals surface area contributed by atoms with Crippen molar-refractivity contribution in [2.45, 2.75) is 19.3 Å². The third-order valence-corrected chi connectivity index (χ3v) is 2.72. The third kappa shape index (κ3) is 2.07. The molecule has 0 radical (unpaired) electrons. The van der Waals surface area contributed by atoms with Crippen LogP contribution in [0.25, 0.3) is 0 Å². The standard InChI is InChI=1S/C12H17NO/c1-2-14-12-5-3-10(4-6-12)11-7-8-13-9-11/h3-6,11,13H,2,7-9H2,1H3. The Morgan fingerprint density at radius 1 is 1.36 bits per heavy atom. The summed E-state index contributed by atoms with van der Waals surface area (Å²) in [6.07, 6.45) is 1.26. The lowest BCUT2D eigenvalue weighted by Gasteiger charge is -2.09. The number of ether oxygens (including phenoxy) is 1. The monoisotopic (exact) mass is 191 g/mol. The first-order valence-corrected chi connectivity index (χ1v) is 5.33. The molecular weight excluding hydrogens is 174 g/mol. The van der Waals surface area contributed by atoms with Crippen LogP contribution < -0.4 is 10.1 Å². The van der Waals surface area contributed by atoms with E-state index in [2.05, 4.69) is 29.6 Å². The van der Waals surface area contributed by atoms with Crippen LogP contribution in [0.15, 0.2) is 24.3 Å². The molecule has 0 spiro atoms. The summed E-state index contributed by atoms with van der Waals surface area (Å²) in [7, 11) is 0. The fourth-order valence-corrected chi connectivity index (χ4v) is 1.94. The molecule has 1 saturated heterocycles. The van der Waals surface area contributed by atoms with Gasteiger partial charge >= 0.3 is 0 Å². The van der Waals surface area contributed by atoms with Gasteiger partial charge < -0.3 is 10.1 Å². The molecule has 0 aromatic heterocycles. The fraction of sp³-hybridized carbons (Fsp3) is 0.500. The zero-order valence-electron chi connectivity index (χ0n) is 8.62. The van der Waals surface area contributed by atoms with Crippen molar-refractivity contribution < 1.29 is 4.74 Å². The van der Waals surface area contributed by atoms with Crippen molar-refractivity contribution in [3.05, 3.63) is 29.8 Å². The lowest BCUT2D eigenvalue weighted by atomic mass is 9.99. The molecule has 2 nitrogen and oxygen atoms in total. The maximum atomic E-state index is 5.41. The average molecular weight is 191 g/mol. The molecule has 0 saturated carbocycles. The van der Waals surface area contributed by atoms with Crippen LogP contribution in [0.4, 0.5) is 0 Å². The zero-order valence-corrected chi connectivity index (χ0v) is 8.62. The second-order valence-corrected chi connectivity index (χ2v) is 3.69. The van der Waals surface area contributed by atoms with E-state index in [-0.39, 0.29) is 0 Å². The second-order valence-electron chi connectivity index (χ2n) is 3.69. The molecule has 0 bridgehead atoms. The first kappa shape index (κ1) is 9.53. The Kier molecular flexibility index (Phi) is 3.04. The van der Waals surface area contributed by atoms with Crippen molar-refractivity contribution in [2.24, 2.45) is 0 Å².